The third-order valence-corrected chi connectivity index (χ3v) is 5.25. The highest BCUT2D eigenvalue weighted by atomic mass is 35.5. The highest BCUT2D eigenvalue weighted by Gasteiger charge is 2.14. The zero-order valence-electron chi connectivity index (χ0n) is 15.1. The number of carbonyl (C=O) groups is 1. The minimum atomic E-state index is -0.404. The van der Waals surface area contributed by atoms with Crippen molar-refractivity contribution in [2.24, 2.45) is 0 Å². The molecule has 5 nitrogen and oxygen atoms in total. The van der Waals surface area contributed by atoms with Crippen LogP contribution in [0.15, 0.2) is 65.1 Å². The summed E-state index contributed by atoms with van der Waals surface area (Å²) in [6.45, 7) is 0. The van der Waals surface area contributed by atoms with Crippen LogP contribution in [0.5, 0.6) is 0 Å². The van der Waals surface area contributed by atoms with Crippen LogP contribution in [-0.2, 0) is 0 Å². The van der Waals surface area contributed by atoms with E-state index in [4.69, 9.17) is 51.4 Å². The first-order valence-corrected chi connectivity index (χ1v) is 10.2. The smallest absolute Gasteiger partial charge is 0.258 e. The van der Waals surface area contributed by atoms with Crippen molar-refractivity contribution in [3.63, 3.8) is 0 Å². The molecule has 0 spiro atoms. The SMILES string of the molecule is O=C(NC(=S)Nc1ccc2oc(-c3cc(Cl)ccc3Cl)nc2c1)c1ccccc1Cl. The van der Waals surface area contributed by atoms with Gasteiger partial charge in [-0.15, -0.1) is 0 Å². The molecule has 30 heavy (non-hydrogen) atoms. The summed E-state index contributed by atoms with van der Waals surface area (Å²) in [5, 5.41) is 7.02. The number of aromatic nitrogens is 1. The minimum Gasteiger partial charge on any atom is -0.436 e. The van der Waals surface area contributed by atoms with Crippen LogP contribution in [0.1, 0.15) is 10.4 Å². The van der Waals surface area contributed by atoms with Crippen molar-refractivity contribution in [2.45, 2.75) is 0 Å². The van der Waals surface area contributed by atoms with Gasteiger partial charge in [0.1, 0.15) is 5.52 Å². The fourth-order valence-corrected chi connectivity index (χ4v) is 3.56. The highest BCUT2D eigenvalue weighted by Crippen LogP contribution is 2.32. The number of amides is 1. The number of fused-ring (bicyclic) bond motifs is 1. The summed E-state index contributed by atoms with van der Waals surface area (Å²) in [7, 11) is 0. The van der Waals surface area contributed by atoms with Crippen molar-refractivity contribution in [1.29, 1.82) is 0 Å². The van der Waals surface area contributed by atoms with Crippen LogP contribution < -0.4 is 10.6 Å². The third-order valence-electron chi connectivity index (χ3n) is 4.15. The van der Waals surface area contributed by atoms with Gasteiger partial charge in [-0.25, -0.2) is 4.98 Å². The van der Waals surface area contributed by atoms with Crippen LogP contribution >= 0.6 is 47.0 Å². The van der Waals surface area contributed by atoms with Crippen molar-refractivity contribution < 1.29 is 9.21 Å². The van der Waals surface area contributed by atoms with Crippen LogP contribution in [0, 0.1) is 0 Å². The molecule has 0 radical (unpaired) electrons. The zero-order valence-corrected chi connectivity index (χ0v) is 18.2. The molecule has 1 aromatic heterocycles. The number of rotatable bonds is 3. The molecule has 0 saturated carbocycles. The average Bonchev–Trinajstić information content (AvgIpc) is 3.13. The molecule has 0 bridgehead atoms. The second kappa shape index (κ2) is 8.62. The van der Waals surface area contributed by atoms with Gasteiger partial charge in [-0.2, -0.15) is 0 Å². The van der Waals surface area contributed by atoms with Crippen LogP contribution in [0.25, 0.3) is 22.6 Å². The molecule has 0 saturated heterocycles. The molecule has 2 N–H and O–H groups in total. The van der Waals surface area contributed by atoms with E-state index in [9.17, 15) is 4.79 Å². The molecule has 9 heteroatoms. The molecule has 4 rings (SSSR count). The van der Waals surface area contributed by atoms with E-state index in [0.717, 1.165) is 0 Å². The molecule has 1 amide bonds. The van der Waals surface area contributed by atoms with Crippen molar-refractivity contribution >= 4 is 74.8 Å². The van der Waals surface area contributed by atoms with Gasteiger partial charge in [-0.05, 0) is 60.7 Å². The molecule has 150 valence electrons. The minimum absolute atomic E-state index is 0.126. The Balaban J connectivity index is 1.52. The summed E-state index contributed by atoms with van der Waals surface area (Å²) in [5.74, 6) is -0.0530. The molecule has 0 atom stereocenters. The average molecular weight is 477 g/mol. The van der Waals surface area contributed by atoms with Gasteiger partial charge < -0.3 is 9.73 Å². The monoisotopic (exact) mass is 475 g/mol. The summed E-state index contributed by atoms with van der Waals surface area (Å²) in [6, 6.07) is 17.0. The Labute approximate surface area is 192 Å². The van der Waals surface area contributed by atoms with Crippen LogP contribution in [0.2, 0.25) is 15.1 Å². The first-order chi connectivity index (χ1) is 14.4. The molecule has 0 aliphatic heterocycles. The maximum atomic E-state index is 12.3. The lowest BCUT2D eigenvalue weighted by atomic mass is 10.2. The van der Waals surface area contributed by atoms with E-state index in [1.54, 1.807) is 60.7 Å². The number of oxazole rings is 1. The highest BCUT2D eigenvalue weighted by molar-refractivity contribution is 7.80. The summed E-state index contributed by atoms with van der Waals surface area (Å²) in [4.78, 5) is 16.8. The van der Waals surface area contributed by atoms with E-state index in [1.165, 1.54) is 0 Å². The van der Waals surface area contributed by atoms with E-state index in [-0.39, 0.29) is 5.11 Å². The fraction of sp³-hybridized carbons (Fsp3) is 0. The predicted octanol–water partition coefficient (Wildman–Crippen LogP) is 6.58. The van der Waals surface area contributed by atoms with E-state index in [1.807, 2.05) is 0 Å². The normalized spacial score (nSPS) is 10.8. The summed E-state index contributed by atoms with van der Waals surface area (Å²) < 4.78 is 5.79. The van der Waals surface area contributed by atoms with Gasteiger partial charge in [-0.3, -0.25) is 10.1 Å². The van der Waals surface area contributed by atoms with Gasteiger partial charge in [0, 0.05) is 10.7 Å². The molecular weight excluding hydrogens is 465 g/mol. The number of hydrogen-bond acceptors (Lipinski definition) is 4. The van der Waals surface area contributed by atoms with E-state index in [0.29, 0.717) is 48.9 Å². The van der Waals surface area contributed by atoms with Gasteiger partial charge in [0.15, 0.2) is 10.7 Å². The Morgan fingerprint density at radius 2 is 1.77 bits per heavy atom. The Morgan fingerprint density at radius 1 is 0.967 bits per heavy atom. The van der Waals surface area contributed by atoms with Crippen molar-refractivity contribution in [3.05, 3.63) is 81.3 Å². The van der Waals surface area contributed by atoms with Gasteiger partial charge in [-0.1, -0.05) is 46.9 Å². The van der Waals surface area contributed by atoms with Crippen LogP contribution in [-0.4, -0.2) is 16.0 Å². The molecule has 0 unspecified atom stereocenters. The number of thiocarbonyl (C=S) groups is 1. The Morgan fingerprint density at radius 3 is 2.57 bits per heavy atom. The lowest BCUT2D eigenvalue weighted by Gasteiger charge is -2.10. The lowest BCUT2D eigenvalue weighted by molar-refractivity contribution is 0.0978. The second-order valence-corrected chi connectivity index (χ2v) is 7.87. The number of nitrogens with one attached hydrogen (secondary N) is 2. The van der Waals surface area contributed by atoms with Crippen molar-refractivity contribution in [1.82, 2.24) is 10.3 Å². The Hall–Kier alpha value is -2.64. The maximum absolute atomic E-state index is 12.3. The number of benzene rings is 3. The lowest BCUT2D eigenvalue weighted by Crippen LogP contribution is -2.34. The molecule has 0 aliphatic carbocycles. The van der Waals surface area contributed by atoms with E-state index >= 15 is 0 Å². The Bertz CT molecular complexity index is 1290. The van der Waals surface area contributed by atoms with E-state index in [2.05, 4.69) is 15.6 Å². The topological polar surface area (TPSA) is 67.2 Å². The van der Waals surface area contributed by atoms with Gasteiger partial charge in [0.2, 0.25) is 5.89 Å². The van der Waals surface area contributed by atoms with Gasteiger partial charge in [0.05, 0.1) is 21.2 Å². The second-order valence-electron chi connectivity index (χ2n) is 6.21. The number of hydrogen-bond donors (Lipinski definition) is 2. The first kappa shape index (κ1) is 20.6. The van der Waals surface area contributed by atoms with E-state index < -0.39 is 5.91 Å². The van der Waals surface area contributed by atoms with Crippen LogP contribution in [0.3, 0.4) is 0 Å². The van der Waals surface area contributed by atoms with Gasteiger partial charge in [0.25, 0.3) is 5.91 Å². The quantitative estimate of drug-likeness (QED) is 0.327. The van der Waals surface area contributed by atoms with Gasteiger partial charge >= 0.3 is 0 Å². The van der Waals surface area contributed by atoms with Crippen molar-refractivity contribution in [3.8, 4) is 11.5 Å². The molecule has 3 aromatic carbocycles. The number of anilines is 1. The molecule has 0 fully saturated rings. The predicted molar refractivity (Wildman–Crippen MR) is 125 cm³/mol. The largest absolute Gasteiger partial charge is 0.436 e. The fourth-order valence-electron chi connectivity index (χ4n) is 2.76. The Kier molecular flexibility index (Phi) is 5.92. The zero-order chi connectivity index (χ0) is 21.3. The van der Waals surface area contributed by atoms with Crippen LogP contribution in [0.4, 0.5) is 5.69 Å². The number of carbonyl (C=O) groups excluding carboxylic acids is 1. The summed E-state index contributed by atoms with van der Waals surface area (Å²) in [6.07, 6.45) is 0. The van der Waals surface area contributed by atoms with Crippen molar-refractivity contribution in [2.75, 3.05) is 5.32 Å². The molecular formula is C21H12Cl3N3O2S. The summed E-state index contributed by atoms with van der Waals surface area (Å²) >= 11 is 23.5. The maximum Gasteiger partial charge on any atom is 0.258 e. The number of nitrogens with zero attached hydrogens (tertiary/aromatic N) is 1. The third kappa shape index (κ3) is 4.42. The molecule has 1 heterocycles. The first-order valence-electron chi connectivity index (χ1n) is 8.63. The molecule has 0 aliphatic rings. The standard InChI is InChI=1S/C21H12Cl3N3O2S/c22-11-5-7-16(24)14(9-11)20-26-17-10-12(6-8-18(17)29-20)25-21(30)27-19(28)13-3-1-2-4-15(13)23/h1-10H,(H2,25,27,28,30). The molecule has 4 aromatic rings. The number of halogens is 3. The summed E-state index contributed by atoms with van der Waals surface area (Å²) in [5.41, 5.74) is 2.71.